The average molecular weight is 525 g/mol. The van der Waals surface area contributed by atoms with Crippen molar-refractivity contribution in [3.8, 4) is 22.8 Å². The number of benzene rings is 3. The predicted octanol–water partition coefficient (Wildman–Crippen LogP) is 7.05. The molecular formula is C30H24N2O5S. The number of unbranched alkanes of at least 4 members (excludes halogenated alkanes) is 1. The maximum absolute atomic E-state index is 13.8. The fraction of sp³-hybridized carbons (Fsp3) is 0.167. The number of aromatic nitrogens is 1. The van der Waals surface area contributed by atoms with Gasteiger partial charge in [-0.3, -0.25) is 4.79 Å². The summed E-state index contributed by atoms with van der Waals surface area (Å²) in [6.45, 7) is 2.55. The van der Waals surface area contributed by atoms with Crippen LogP contribution in [0, 0.1) is 0 Å². The monoisotopic (exact) mass is 524 g/mol. The van der Waals surface area contributed by atoms with Gasteiger partial charge < -0.3 is 19.5 Å². The molecule has 5 aromatic rings. The third-order valence-corrected chi connectivity index (χ3v) is 7.47. The van der Waals surface area contributed by atoms with Crippen LogP contribution in [0.1, 0.15) is 40.5 Å². The van der Waals surface area contributed by atoms with Crippen LogP contribution in [0.2, 0.25) is 0 Å². The van der Waals surface area contributed by atoms with E-state index in [1.54, 1.807) is 6.07 Å². The maximum Gasteiger partial charge on any atom is 0.341 e. The molecule has 1 amide bonds. The fourth-order valence-corrected chi connectivity index (χ4v) is 5.54. The molecule has 6 rings (SSSR count). The lowest BCUT2D eigenvalue weighted by molar-refractivity contribution is 0.0503. The minimum absolute atomic E-state index is 0.177. The Bertz CT molecular complexity index is 1690. The van der Waals surface area contributed by atoms with Gasteiger partial charge in [-0.1, -0.05) is 49.7 Å². The van der Waals surface area contributed by atoms with Gasteiger partial charge in [0.15, 0.2) is 11.5 Å². The van der Waals surface area contributed by atoms with Crippen molar-refractivity contribution < 1.29 is 23.8 Å². The number of hydrogen-bond donors (Lipinski definition) is 1. The number of para-hydroxylation sites is 1. The lowest BCUT2D eigenvalue weighted by Crippen LogP contribution is -2.15. The van der Waals surface area contributed by atoms with Crippen LogP contribution >= 0.6 is 11.3 Å². The smallest absolute Gasteiger partial charge is 0.341 e. The normalized spacial score (nSPS) is 12.1. The second kappa shape index (κ2) is 10.1. The topological polar surface area (TPSA) is 86.8 Å². The molecule has 190 valence electrons. The molecule has 0 saturated heterocycles. The number of nitrogens with one attached hydrogen (secondary N) is 1. The van der Waals surface area contributed by atoms with E-state index in [2.05, 4.69) is 5.32 Å². The minimum Gasteiger partial charge on any atom is -0.462 e. The Morgan fingerprint density at radius 1 is 0.974 bits per heavy atom. The second-order valence-corrected chi connectivity index (χ2v) is 9.94. The molecule has 8 heteroatoms. The van der Waals surface area contributed by atoms with Crippen molar-refractivity contribution in [2.75, 3.05) is 18.7 Å². The molecule has 38 heavy (non-hydrogen) atoms. The van der Waals surface area contributed by atoms with E-state index >= 15 is 0 Å². The molecule has 0 saturated carbocycles. The van der Waals surface area contributed by atoms with E-state index < -0.39 is 5.97 Å². The minimum atomic E-state index is -0.438. The van der Waals surface area contributed by atoms with Crippen molar-refractivity contribution in [1.82, 2.24) is 4.98 Å². The highest BCUT2D eigenvalue weighted by atomic mass is 32.1. The summed E-state index contributed by atoms with van der Waals surface area (Å²) < 4.78 is 17.4. The van der Waals surface area contributed by atoms with Crippen LogP contribution in [0.15, 0.2) is 72.8 Å². The lowest BCUT2D eigenvalue weighted by Gasteiger charge is -2.11. The van der Waals surface area contributed by atoms with Crippen molar-refractivity contribution in [3.05, 3.63) is 83.9 Å². The number of carbonyl (C=O) groups is 2. The molecule has 0 unspecified atom stereocenters. The van der Waals surface area contributed by atoms with E-state index in [1.807, 2.05) is 73.7 Å². The zero-order chi connectivity index (χ0) is 26.1. The molecule has 0 fully saturated rings. The van der Waals surface area contributed by atoms with Gasteiger partial charge in [-0.15, -0.1) is 11.3 Å². The molecule has 3 aromatic carbocycles. The highest BCUT2D eigenvalue weighted by Crippen LogP contribution is 2.38. The predicted molar refractivity (Wildman–Crippen MR) is 148 cm³/mol. The van der Waals surface area contributed by atoms with Gasteiger partial charge in [0.1, 0.15) is 10.6 Å². The molecule has 0 bridgehead atoms. The zero-order valence-electron chi connectivity index (χ0n) is 20.7. The third-order valence-electron chi connectivity index (χ3n) is 6.39. The number of esters is 1. The first-order valence-corrected chi connectivity index (χ1v) is 13.2. The summed E-state index contributed by atoms with van der Waals surface area (Å²) in [4.78, 5) is 31.7. The van der Waals surface area contributed by atoms with Gasteiger partial charge in [0.25, 0.3) is 5.91 Å². The van der Waals surface area contributed by atoms with Crippen molar-refractivity contribution in [2.24, 2.45) is 0 Å². The Morgan fingerprint density at radius 3 is 2.63 bits per heavy atom. The van der Waals surface area contributed by atoms with Crippen LogP contribution in [0.3, 0.4) is 0 Å². The van der Waals surface area contributed by atoms with Gasteiger partial charge >= 0.3 is 5.97 Å². The number of amides is 1. The van der Waals surface area contributed by atoms with E-state index in [4.69, 9.17) is 19.2 Å². The fourth-order valence-electron chi connectivity index (χ4n) is 4.45. The van der Waals surface area contributed by atoms with E-state index in [0.717, 1.165) is 28.5 Å². The second-order valence-electron chi connectivity index (χ2n) is 8.89. The van der Waals surface area contributed by atoms with Crippen LogP contribution in [0.5, 0.6) is 11.5 Å². The summed E-state index contributed by atoms with van der Waals surface area (Å²) in [5.74, 6) is 0.544. The summed E-state index contributed by atoms with van der Waals surface area (Å²) in [6.07, 6.45) is 1.70. The largest absolute Gasteiger partial charge is 0.462 e. The molecule has 0 atom stereocenters. The highest BCUT2D eigenvalue weighted by Gasteiger charge is 2.24. The van der Waals surface area contributed by atoms with Gasteiger partial charge in [0.05, 0.1) is 23.4 Å². The van der Waals surface area contributed by atoms with Gasteiger partial charge in [0.2, 0.25) is 6.79 Å². The van der Waals surface area contributed by atoms with Crippen LogP contribution in [-0.2, 0) is 4.74 Å². The maximum atomic E-state index is 13.8. The molecule has 3 heterocycles. The Hall–Kier alpha value is -4.43. The molecular weight excluding hydrogens is 500 g/mol. The average Bonchev–Trinajstić information content (AvgIpc) is 3.56. The molecule has 0 spiro atoms. The molecule has 7 nitrogen and oxygen atoms in total. The first kappa shape index (κ1) is 23.9. The Kier molecular flexibility index (Phi) is 6.39. The van der Waals surface area contributed by atoms with Crippen molar-refractivity contribution in [1.29, 1.82) is 0 Å². The number of rotatable bonds is 7. The summed E-state index contributed by atoms with van der Waals surface area (Å²) in [7, 11) is 0. The van der Waals surface area contributed by atoms with Gasteiger partial charge in [-0.05, 0) is 42.8 Å². The van der Waals surface area contributed by atoms with Crippen LogP contribution in [0.25, 0.3) is 32.2 Å². The number of anilines is 1. The van der Waals surface area contributed by atoms with E-state index in [9.17, 15) is 9.59 Å². The summed E-state index contributed by atoms with van der Waals surface area (Å²) in [6, 6.07) is 22.4. The Balaban J connectivity index is 1.40. The number of pyridine rings is 1. The number of nitrogens with zero attached hydrogens (tertiary/aromatic N) is 1. The highest BCUT2D eigenvalue weighted by molar-refractivity contribution is 7.23. The molecule has 2 aromatic heterocycles. The van der Waals surface area contributed by atoms with Crippen LogP contribution < -0.4 is 14.8 Å². The standard InChI is InChI=1S/C30H24N2O5S/c1-2-3-14-35-30(34)27-20-9-5-7-11-26(20)38-29(27)32-28(33)21-16-23(31-22-10-6-4-8-19(21)22)18-12-13-24-25(15-18)37-17-36-24/h4-13,15-16H,2-3,14,17H2,1H3,(H,32,33). The first-order valence-electron chi connectivity index (χ1n) is 12.4. The molecule has 1 N–H and O–H groups in total. The van der Waals surface area contributed by atoms with Gasteiger partial charge in [0, 0.05) is 21.0 Å². The number of ether oxygens (including phenoxy) is 3. The van der Waals surface area contributed by atoms with E-state index in [0.29, 0.717) is 50.8 Å². The van der Waals surface area contributed by atoms with E-state index in [-0.39, 0.29) is 12.7 Å². The Morgan fingerprint density at radius 2 is 1.76 bits per heavy atom. The zero-order valence-corrected chi connectivity index (χ0v) is 21.5. The Labute approximate surface area is 223 Å². The molecule has 0 aliphatic carbocycles. The van der Waals surface area contributed by atoms with Crippen LogP contribution in [-0.4, -0.2) is 30.3 Å². The number of fused-ring (bicyclic) bond motifs is 3. The summed E-state index contributed by atoms with van der Waals surface area (Å²) in [5.41, 5.74) is 2.94. The summed E-state index contributed by atoms with van der Waals surface area (Å²) >= 11 is 1.36. The number of hydrogen-bond acceptors (Lipinski definition) is 7. The molecule has 1 aliphatic heterocycles. The van der Waals surface area contributed by atoms with Crippen molar-refractivity contribution in [2.45, 2.75) is 19.8 Å². The number of thiophene rings is 1. The lowest BCUT2D eigenvalue weighted by atomic mass is 10.0. The third kappa shape index (κ3) is 4.43. The quantitative estimate of drug-likeness (QED) is 0.181. The van der Waals surface area contributed by atoms with Crippen molar-refractivity contribution in [3.63, 3.8) is 0 Å². The SMILES string of the molecule is CCCCOC(=O)c1c(NC(=O)c2cc(-c3ccc4c(c3)OCO4)nc3ccccc23)sc2ccccc12. The van der Waals surface area contributed by atoms with Gasteiger partial charge in [-0.25, -0.2) is 9.78 Å². The number of carbonyl (C=O) groups excluding carboxylic acids is 2. The van der Waals surface area contributed by atoms with Crippen molar-refractivity contribution >= 4 is 49.2 Å². The first-order chi connectivity index (χ1) is 18.6. The van der Waals surface area contributed by atoms with Gasteiger partial charge in [-0.2, -0.15) is 0 Å². The summed E-state index contributed by atoms with van der Waals surface area (Å²) in [5, 5.41) is 4.94. The van der Waals surface area contributed by atoms with E-state index in [1.165, 1.54) is 11.3 Å². The van der Waals surface area contributed by atoms with Crippen LogP contribution in [0.4, 0.5) is 5.00 Å². The molecule has 1 aliphatic rings. The molecule has 0 radical (unpaired) electrons.